The smallest absolute Gasteiger partial charge is 0.233 e. The molecule has 0 radical (unpaired) electrons. The van der Waals surface area contributed by atoms with Gasteiger partial charge in [0.2, 0.25) is 17.8 Å². The minimum atomic E-state index is -0.298. The van der Waals surface area contributed by atoms with Gasteiger partial charge in [-0.25, -0.2) is 4.39 Å². The van der Waals surface area contributed by atoms with E-state index in [9.17, 15) is 9.18 Å². The fourth-order valence-electron chi connectivity index (χ4n) is 1.90. The zero-order valence-electron chi connectivity index (χ0n) is 14.4. The molecule has 0 saturated heterocycles. The fraction of sp³-hybridized carbons (Fsp3) is 0.375. The Labute approximate surface area is 150 Å². The van der Waals surface area contributed by atoms with E-state index in [0.717, 1.165) is 5.56 Å². The van der Waals surface area contributed by atoms with Gasteiger partial charge >= 0.3 is 0 Å². The van der Waals surface area contributed by atoms with Crippen LogP contribution in [0.2, 0.25) is 0 Å². The minimum Gasteiger partial charge on any atom is -0.368 e. The Kier molecular flexibility index (Phi) is 6.51. The summed E-state index contributed by atoms with van der Waals surface area (Å²) >= 11 is 1.41. The van der Waals surface area contributed by atoms with Gasteiger partial charge in [-0.3, -0.25) is 4.79 Å². The number of carbonyl (C=O) groups excluding carboxylic acids is 1. The lowest BCUT2D eigenvalue weighted by Crippen LogP contribution is -2.30. The standard InChI is InChI=1S/C16H21FN6OS/c1-10(14(24)19-8-11-4-6-12(17)7-5-11)25-9-13-20-15(18)22-16(21-13)23(2)3/h4-7,10H,8-9H2,1-3H3,(H,19,24)(H2,18,20,21,22). The third-order valence-electron chi connectivity index (χ3n) is 3.30. The number of thioether (sulfide) groups is 1. The van der Waals surface area contributed by atoms with Crippen molar-refractivity contribution in [1.82, 2.24) is 20.3 Å². The van der Waals surface area contributed by atoms with Crippen LogP contribution in [0.25, 0.3) is 0 Å². The molecule has 2 rings (SSSR count). The first-order chi connectivity index (χ1) is 11.8. The highest BCUT2D eigenvalue weighted by Crippen LogP contribution is 2.17. The summed E-state index contributed by atoms with van der Waals surface area (Å²) < 4.78 is 12.9. The highest BCUT2D eigenvalue weighted by Gasteiger charge is 2.15. The number of anilines is 2. The molecule has 0 fully saturated rings. The topological polar surface area (TPSA) is 97.0 Å². The van der Waals surface area contributed by atoms with Crippen molar-refractivity contribution in [2.24, 2.45) is 0 Å². The Morgan fingerprint density at radius 3 is 2.60 bits per heavy atom. The van der Waals surface area contributed by atoms with Crippen molar-refractivity contribution in [2.45, 2.75) is 24.5 Å². The van der Waals surface area contributed by atoms with E-state index in [1.165, 1.54) is 23.9 Å². The zero-order chi connectivity index (χ0) is 18.4. The number of nitrogens with two attached hydrogens (primary N) is 1. The monoisotopic (exact) mass is 364 g/mol. The van der Waals surface area contributed by atoms with Crippen LogP contribution in [0, 0.1) is 5.82 Å². The highest BCUT2D eigenvalue weighted by molar-refractivity contribution is 7.99. The molecule has 3 N–H and O–H groups in total. The Hall–Kier alpha value is -2.42. The Morgan fingerprint density at radius 1 is 1.28 bits per heavy atom. The van der Waals surface area contributed by atoms with Crippen LogP contribution in [-0.2, 0) is 17.1 Å². The van der Waals surface area contributed by atoms with Crippen molar-refractivity contribution in [1.29, 1.82) is 0 Å². The first-order valence-electron chi connectivity index (χ1n) is 7.66. The van der Waals surface area contributed by atoms with E-state index >= 15 is 0 Å². The third-order valence-corrected chi connectivity index (χ3v) is 4.44. The number of nitrogens with one attached hydrogen (secondary N) is 1. The molecule has 25 heavy (non-hydrogen) atoms. The lowest BCUT2D eigenvalue weighted by Gasteiger charge is -2.13. The third kappa shape index (κ3) is 5.86. The lowest BCUT2D eigenvalue weighted by atomic mass is 10.2. The molecule has 0 spiro atoms. The number of halogens is 1. The average molecular weight is 364 g/mol. The van der Waals surface area contributed by atoms with Crippen LogP contribution < -0.4 is 16.0 Å². The lowest BCUT2D eigenvalue weighted by molar-refractivity contribution is -0.120. The van der Waals surface area contributed by atoms with E-state index in [0.29, 0.717) is 24.1 Å². The van der Waals surface area contributed by atoms with Crippen molar-refractivity contribution in [2.75, 3.05) is 24.7 Å². The van der Waals surface area contributed by atoms with Crippen molar-refractivity contribution in [3.63, 3.8) is 0 Å². The molecule has 2 aromatic rings. The maximum atomic E-state index is 12.9. The largest absolute Gasteiger partial charge is 0.368 e. The number of nitrogens with zero attached hydrogens (tertiary/aromatic N) is 4. The molecule has 9 heteroatoms. The molecule has 1 aromatic carbocycles. The molecular formula is C16H21FN6OS. The number of carbonyl (C=O) groups is 1. The summed E-state index contributed by atoms with van der Waals surface area (Å²) in [7, 11) is 3.63. The molecule has 1 atom stereocenters. The van der Waals surface area contributed by atoms with Gasteiger partial charge in [-0.05, 0) is 24.6 Å². The first-order valence-corrected chi connectivity index (χ1v) is 8.71. The van der Waals surface area contributed by atoms with Crippen molar-refractivity contribution >= 4 is 29.6 Å². The molecule has 0 aliphatic carbocycles. The van der Waals surface area contributed by atoms with Gasteiger partial charge in [0, 0.05) is 20.6 Å². The molecule has 0 aliphatic rings. The predicted octanol–water partition coefficient (Wildman–Crippen LogP) is 1.60. The van der Waals surface area contributed by atoms with Gasteiger partial charge < -0.3 is 16.0 Å². The second kappa shape index (κ2) is 8.61. The average Bonchev–Trinajstić information content (AvgIpc) is 2.58. The number of hydrogen-bond donors (Lipinski definition) is 2. The Bertz CT molecular complexity index is 725. The molecular weight excluding hydrogens is 343 g/mol. The van der Waals surface area contributed by atoms with Crippen molar-refractivity contribution < 1.29 is 9.18 Å². The van der Waals surface area contributed by atoms with Gasteiger partial charge in [-0.2, -0.15) is 15.0 Å². The molecule has 1 heterocycles. The molecule has 1 aromatic heterocycles. The van der Waals surface area contributed by atoms with E-state index in [4.69, 9.17) is 5.73 Å². The van der Waals surface area contributed by atoms with E-state index in [1.807, 2.05) is 21.0 Å². The van der Waals surface area contributed by atoms with E-state index in [2.05, 4.69) is 20.3 Å². The van der Waals surface area contributed by atoms with Crippen LogP contribution in [0.15, 0.2) is 24.3 Å². The van der Waals surface area contributed by atoms with Crippen LogP contribution in [0.4, 0.5) is 16.3 Å². The molecule has 7 nitrogen and oxygen atoms in total. The predicted molar refractivity (Wildman–Crippen MR) is 97.6 cm³/mol. The summed E-state index contributed by atoms with van der Waals surface area (Å²) in [6.07, 6.45) is 0. The second-order valence-corrected chi connectivity index (χ2v) is 6.93. The maximum Gasteiger partial charge on any atom is 0.233 e. The van der Waals surface area contributed by atoms with Crippen LogP contribution in [0.5, 0.6) is 0 Å². The number of aromatic nitrogens is 3. The molecule has 0 aliphatic heterocycles. The number of amides is 1. The molecule has 1 unspecified atom stereocenters. The SMILES string of the molecule is CC(SCc1nc(N)nc(N(C)C)n1)C(=O)NCc1ccc(F)cc1. The molecule has 1 amide bonds. The number of hydrogen-bond acceptors (Lipinski definition) is 7. The fourth-order valence-corrected chi connectivity index (χ4v) is 2.66. The highest BCUT2D eigenvalue weighted by atomic mass is 32.2. The number of nitrogen functional groups attached to an aromatic ring is 1. The minimum absolute atomic E-state index is 0.107. The summed E-state index contributed by atoms with van der Waals surface area (Å²) in [4.78, 5) is 26.3. The maximum absolute atomic E-state index is 12.9. The Balaban J connectivity index is 1.85. The molecule has 134 valence electrons. The quantitative estimate of drug-likeness (QED) is 0.770. The van der Waals surface area contributed by atoms with Gasteiger partial charge in [0.15, 0.2) is 0 Å². The van der Waals surface area contributed by atoms with Gasteiger partial charge in [-0.1, -0.05) is 12.1 Å². The second-order valence-electron chi connectivity index (χ2n) is 5.60. The van der Waals surface area contributed by atoms with Gasteiger partial charge in [0.25, 0.3) is 0 Å². The van der Waals surface area contributed by atoms with Crippen LogP contribution in [0.1, 0.15) is 18.3 Å². The van der Waals surface area contributed by atoms with E-state index in [1.54, 1.807) is 17.0 Å². The van der Waals surface area contributed by atoms with Gasteiger partial charge in [-0.15, -0.1) is 11.8 Å². The summed E-state index contributed by atoms with van der Waals surface area (Å²) in [5.41, 5.74) is 6.52. The molecule has 0 bridgehead atoms. The normalized spacial score (nSPS) is 11.8. The molecule has 0 saturated carbocycles. The van der Waals surface area contributed by atoms with Crippen LogP contribution in [0.3, 0.4) is 0 Å². The number of benzene rings is 1. The van der Waals surface area contributed by atoms with Crippen molar-refractivity contribution in [3.8, 4) is 0 Å². The first kappa shape index (κ1) is 18.9. The zero-order valence-corrected chi connectivity index (χ0v) is 15.2. The summed E-state index contributed by atoms with van der Waals surface area (Å²) in [6, 6.07) is 6.02. The summed E-state index contributed by atoms with van der Waals surface area (Å²) in [5, 5.41) is 2.54. The number of rotatable bonds is 7. The Morgan fingerprint density at radius 2 is 1.96 bits per heavy atom. The summed E-state index contributed by atoms with van der Waals surface area (Å²) in [5.74, 6) is 1.20. The van der Waals surface area contributed by atoms with Gasteiger partial charge in [0.1, 0.15) is 11.6 Å². The summed E-state index contributed by atoms with van der Waals surface area (Å²) in [6.45, 7) is 2.16. The van der Waals surface area contributed by atoms with Crippen LogP contribution in [-0.4, -0.2) is 40.2 Å². The van der Waals surface area contributed by atoms with Crippen molar-refractivity contribution in [3.05, 3.63) is 41.5 Å². The van der Waals surface area contributed by atoms with Crippen LogP contribution >= 0.6 is 11.8 Å². The van der Waals surface area contributed by atoms with Gasteiger partial charge in [0.05, 0.1) is 11.0 Å². The van der Waals surface area contributed by atoms with E-state index in [-0.39, 0.29) is 22.9 Å². The van der Waals surface area contributed by atoms with E-state index < -0.39 is 0 Å².